The van der Waals surface area contributed by atoms with Crippen molar-refractivity contribution < 1.29 is 4.79 Å². The summed E-state index contributed by atoms with van der Waals surface area (Å²) < 4.78 is 0. The molecular formula is C26H35N3O. The van der Waals surface area contributed by atoms with Crippen LogP contribution in [0.2, 0.25) is 0 Å². The molecule has 4 nitrogen and oxygen atoms in total. The van der Waals surface area contributed by atoms with Crippen LogP contribution in [0.3, 0.4) is 0 Å². The zero-order chi connectivity index (χ0) is 21.1. The standard InChI is InChI=1S/C26H35N3O/c1-20-6-4-8-23(18-20)19-27-12-10-24(11-13-27)26(30)29-16-14-28(15-17-29)25-9-5-7-21(2)22(25)3/h4-9,18,24H,10-17,19H2,1-3H3. The third-order valence-corrected chi connectivity index (χ3v) is 6.93. The number of anilines is 1. The Bertz CT molecular complexity index is 878. The molecule has 2 aromatic carbocycles. The molecule has 0 bridgehead atoms. The molecule has 30 heavy (non-hydrogen) atoms. The first-order valence-corrected chi connectivity index (χ1v) is 11.4. The largest absolute Gasteiger partial charge is 0.368 e. The Kier molecular flexibility index (Phi) is 6.43. The zero-order valence-electron chi connectivity index (χ0n) is 18.7. The van der Waals surface area contributed by atoms with Gasteiger partial charge >= 0.3 is 0 Å². The Morgan fingerprint density at radius 1 is 0.900 bits per heavy atom. The monoisotopic (exact) mass is 405 g/mol. The molecule has 0 aromatic heterocycles. The molecule has 160 valence electrons. The normalized spacial score (nSPS) is 18.6. The molecular weight excluding hydrogens is 370 g/mol. The Hall–Kier alpha value is -2.33. The summed E-state index contributed by atoms with van der Waals surface area (Å²) in [5, 5.41) is 0. The number of amides is 1. The van der Waals surface area contributed by atoms with Crippen molar-refractivity contribution in [1.82, 2.24) is 9.80 Å². The van der Waals surface area contributed by atoms with E-state index < -0.39 is 0 Å². The van der Waals surface area contributed by atoms with Gasteiger partial charge in [0.1, 0.15) is 0 Å². The average Bonchev–Trinajstić information content (AvgIpc) is 2.76. The molecule has 2 aliphatic heterocycles. The molecule has 0 unspecified atom stereocenters. The van der Waals surface area contributed by atoms with Crippen LogP contribution in [0, 0.1) is 26.7 Å². The molecule has 4 rings (SSSR count). The van der Waals surface area contributed by atoms with Crippen LogP contribution < -0.4 is 4.90 Å². The van der Waals surface area contributed by atoms with E-state index in [9.17, 15) is 4.79 Å². The Labute approximate surface area is 181 Å². The molecule has 0 N–H and O–H groups in total. The number of rotatable bonds is 4. The molecule has 0 saturated carbocycles. The zero-order valence-corrected chi connectivity index (χ0v) is 18.7. The summed E-state index contributed by atoms with van der Waals surface area (Å²) in [6.45, 7) is 13.1. The van der Waals surface area contributed by atoms with Crippen molar-refractivity contribution in [2.75, 3.05) is 44.2 Å². The highest BCUT2D eigenvalue weighted by Gasteiger charge is 2.30. The van der Waals surface area contributed by atoms with Crippen molar-refractivity contribution in [2.45, 2.75) is 40.2 Å². The summed E-state index contributed by atoms with van der Waals surface area (Å²) in [5.41, 5.74) is 6.72. The van der Waals surface area contributed by atoms with Crippen LogP contribution in [0.5, 0.6) is 0 Å². The second kappa shape index (κ2) is 9.22. The van der Waals surface area contributed by atoms with Gasteiger partial charge in [0.05, 0.1) is 0 Å². The SMILES string of the molecule is Cc1cccc(CN2CCC(C(=O)N3CCN(c4cccc(C)c4C)CC3)CC2)c1. The van der Waals surface area contributed by atoms with Crippen LogP contribution in [-0.4, -0.2) is 55.0 Å². The van der Waals surface area contributed by atoms with Crippen LogP contribution in [0.15, 0.2) is 42.5 Å². The molecule has 2 aliphatic rings. The van der Waals surface area contributed by atoms with Gasteiger partial charge in [0, 0.05) is 44.3 Å². The van der Waals surface area contributed by atoms with Gasteiger partial charge in [-0.3, -0.25) is 9.69 Å². The van der Waals surface area contributed by atoms with E-state index in [1.807, 2.05) is 0 Å². The van der Waals surface area contributed by atoms with Gasteiger partial charge in [-0.2, -0.15) is 0 Å². The predicted molar refractivity (Wildman–Crippen MR) is 124 cm³/mol. The molecule has 0 atom stereocenters. The van der Waals surface area contributed by atoms with Gasteiger partial charge in [-0.25, -0.2) is 0 Å². The number of carbonyl (C=O) groups is 1. The summed E-state index contributed by atoms with van der Waals surface area (Å²) >= 11 is 0. The van der Waals surface area contributed by atoms with Gasteiger partial charge in [0.2, 0.25) is 5.91 Å². The molecule has 4 heteroatoms. The Balaban J connectivity index is 1.26. The topological polar surface area (TPSA) is 26.8 Å². The Morgan fingerprint density at radius 2 is 1.60 bits per heavy atom. The van der Waals surface area contributed by atoms with Crippen molar-refractivity contribution in [3.8, 4) is 0 Å². The second-order valence-corrected chi connectivity index (χ2v) is 9.07. The van der Waals surface area contributed by atoms with Crippen molar-refractivity contribution >= 4 is 11.6 Å². The van der Waals surface area contributed by atoms with E-state index in [4.69, 9.17) is 0 Å². The first-order valence-electron chi connectivity index (χ1n) is 11.4. The minimum Gasteiger partial charge on any atom is -0.368 e. The third kappa shape index (κ3) is 4.70. The minimum atomic E-state index is 0.200. The number of piperidine rings is 1. The number of hydrogen-bond donors (Lipinski definition) is 0. The van der Waals surface area contributed by atoms with Crippen molar-refractivity contribution in [3.05, 3.63) is 64.7 Å². The molecule has 2 fully saturated rings. The van der Waals surface area contributed by atoms with Crippen molar-refractivity contribution in [2.24, 2.45) is 5.92 Å². The van der Waals surface area contributed by atoms with Crippen LogP contribution in [0.1, 0.15) is 35.1 Å². The summed E-state index contributed by atoms with van der Waals surface area (Å²) in [4.78, 5) is 20.2. The van der Waals surface area contributed by atoms with Crippen molar-refractivity contribution in [1.29, 1.82) is 0 Å². The lowest BCUT2D eigenvalue weighted by atomic mass is 9.94. The highest BCUT2D eigenvalue weighted by Crippen LogP contribution is 2.26. The maximum absolute atomic E-state index is 13.1. The summed E-state index contributed by atoms with van der Waals surface area (Å²) in [6.07, 6.45) is 1.98. The van der Waals surface area contributed by atoms with Gasteiger partial charge in [-0.15, -0.1) is 0 Å². The lowest BCUT2D eigenvalue weighted by molar-refractivity contribution is -0.137. The van der Waals surface area contributed by atoms with Crippen LogP contribution in [0.25, 0.3) is 0 Å². The molecule has 2 aromatic rings. The molecule has 0 spiro atoms. The van der Waals surface area contributed by atoms with Gasteiger partial charge in [-0.1, -0.05) is 42.0 Å². The highest BCUT2D eigenvalue weighted by molar-refractivity contribution is 5.79. The first kappa shape index (κ1) is 20.9. The van der Waals surface area contributed by atoms with E-state index in [2.05, 4.69) is 77.9 Å². The number of benzene rings is 2. The summed E-state index contributed by atoms with van der Waals surface area (Å²) in [7, 11) is 0. The number of hydrogen-bond acceptors (Lipinski definition) is 3. The lowest BCUT2D eigenvalue weighted by Crippen LogP contribution is -2.51. The summed E-state index contributed by atoms with van der Waals surface area (Å²) in [6, 6.07) is 15.3. The van der Waals surface area contributed by atoms with Gasteiger partial charge in [0.15, 0.2) is 0 Å². The number of nitrogens with zero attached hydrogens (tertiary/aromatic N) is 3. The van der Waals surface area contributed by atoms with Crippen LogP contribution >= 0.6 is 0 Å². The quantitative estimate of drug-likeness (QED) is 0.764. The smallest absolute Gasteiger partial charge is 0.225 e. The van der Waals surface area contributed by atoms with E-state index in [-0.39, 0.29) is 5.92 Å². The van der Waals surface area contributed by atoms with Gasteiger partial charge < -0.3 is 9.80 Å². The molecule has 2 saturated heterocycles. The fourth-order valence-corrected chi connectivity index (χ4v) is 4.91. The van der Waals surface area contributed by atoms with Gasteiger partial charge in [-0.05, 0) is 69.5 Å². The van der Waals surface area contributed by atoms with E-state index in [0.717, 1.165) is 58.7 Å². The van der Waals surface area contributed by atoms with E-state index in [1.54, 1.807) is 0 Å². The molecule has 0 radical (unpaired) electrons. The minimum absolute atomic E-state index is 0.200. The molecule has 2 heterocycles. The predicted octanol–water partition coefficient (Wildman–Crippen LogP) is 4.17. The van der Waals surface area contributed by atoms with Crippen molar-refractivity contribution in [3.63, 3.8) is 0 Å². The van der Waals surface area contributed by atoms with E-state index in [0.29, 0.717) is 5.91 Å². The third-order valence-electron chi connectivity index (χ3n) is 6.93. The second-order valence-electron chi connectivity index (χ2n) is 9.07. The van der Waals surface area contributed by atoms with E-state index >= 15 is 0 Å². The number of aryl methyl sites for hydroxylation is 2. The molecule has 1 amide bonds. The van der Waals surface area contributed by atoms with Gasteiger partial charge in [0.25, 0.3) is 0 Å². The number of likely N-dealkylation sites (tertiary alicyclic amines) is 1. The highest BCUT2D eigenvalue weighted by atomic mass is 16.2. The molecule has 0 aliphatic carbocycles. The van der Waals surface area contributed by atoms with Crippen LogP contribution in [-0.2, 0) is 11.3 Å². The average molecular weight is 406 g/mol. The first-order chi connectivity index (χ1) is 14.5. The van der Waals surface area contributed by atoms with E-state index in [1.165, 1.54) is 27.9 Å². The van der Waals surface area contributed by atoms with Crippen LogP contribution in [0.4, 0.5) is 5.69 Å². The fraction of sp³-hybridized carbons (Fsp3) is 0.500. The summed E-state index contributed by atoms with van der Waals surface area (Å²) in [5.74, 6) is 0.580. The Morgan fingerprint density at radius 3 is 2.30 bits per heavy atom. The number of carbonyl (C=O) groups excluding carboxylic acids is 1. The maximum Gasteiger partial charge on any atom is 0.225 e. The lowest BCUT2D eigenvalue weighted by Gasteiger charge is -2.40. The maximum atomic E-state index is 13.1. The fourth-order valence-electron chi connectivity index (χ4n) is 4.91. The number of piperazine rings is 1.